The van der Waals surface area contributed by atoms with Crippen LogP contribution >= 0.6 is 23.1 Å². The van der Waals surface area contributed by atoms with Gasteiger partial charge >= 0.3 is 0 Å². The number of thiazole rings is 1. The van der Waals surface area contributed by atoms with Crippen LogP contribution in [0.1, 0.15) is 6.92 Å². The number of nitrogens with one attached hydrogen (secondary N) is 2. The number of amides is 1. The molecule has 1 atom stereocenters. The van der Waals surface area contributed by atoms with Gasteiger partial charge < -0.3 is 10.3 Å². The molecule has 0 bridgehead atoms. The number of halogens is 1. The maximum atomic E-state index is 13.1. The molecule has 1 unspecified atom stereocenters. The first-order valence-electron chi connectivity index (χ1n) is 10.2. The summed E-state index contributed by atoms with van der Waals surface area (Å²) in [4.78, 5) is 36.9. The van der Waals surface area contributed by atoms with Crippen LogP contribution in [0.5, 0.6) is 0 Å². The lowest BCUT2D eigenvalue weighted by atomic mass is 10.2. The fourth-order valence-electron chi connectivity index (χ4n) is 3.22. The van der Waals surface area contributed by atoms with Crippen LogP contribution < -0.4 is 10.9 Å². The van der Waals surface area contributed by atoms with Gasteiger partial charge in [0.2, 0.25) is 5.91 Å². The number of hydrogen-bond donors (Lipinski definition) is 2. The normalized spacial score (nSPS) is 12.1. The van der Waals surface area contributed by atoms with Gasteiger partial charge in [-0.15, -0.1) is 11.3 Å². The maximum Gasteiger partial charge on any atom is 0.262 e. The third kappa shape index (κ3) is 4.47. The molecular formula is C23H17FN6O2S2. The van der Waals surface area contributed by atoms with Crippen LogP contribution in [0, 0.1) is 5.82 Å². The van der Waals surface area contributed by atoms with E-state index in [2.05, 4.69) is 25.4 Å². The lowest BCUT2D eigenvalue weighted by Gasteiger charge is -2.10. The maximum absolute atomic E-state index is 13.1. The van der Waals surface area contributed by atoms with Crippen molar-refractivity contribution >= 4 is 45.2 Å². The van der Waals surface area contributed by atoms with Crippen molar-refractivity contribution in [1.29, 1.82) is 0 Å². The van der Waals surface area contributed by atoms with E-state index >= 15 is 0 Å². The van der Waals surface area contributed by atoms with Gasteiger partial charge in [-0.3, -0.25) is 9.59 Å². The zero-order valence-electron chi connectivity index (χ0n) is 17.7. The highest BCUT2D eigenvalue weighted by Gasteiger charge is 2.19. The summed E-state index contributed by atoms with van der Waals surface area (Å²) in [6, 6.07) is 15.4. The number of nitrogens with zero attached hydrogens (tertiary/aromatic N) is 4. The van der Waals surface area contributed by atoms with Gasteiger partial charge in [-0.25, -0.2) is 19.0 Å². The smallest absolute Gasteiger partial charge is 0.262 e. The molecule has 11 heteroatoms. The Morgan fingerprint density at radius 1 is 1.15 bits per heavy atom. The molecule has 0 aliphatic rings. The van der Waals surface area contributed by atoms with E-state index in [1.165, 1.54) is 29.7 Å². The highest BCUT2D eigenvalue weighted by atomic mass is 32.2. The second-order valence-electron chi connectivity index (χ2n) is 7.29. The van der Waals surface area contributed by atoms with Crippen molar-refractivity contribution in [3.05, 3.63) is 82.3 Å². The molecular weight excluding hydrogens is 475 g/mol. The Hall–Kier alpha value is -3.83. The number of anilines is 1. The van der Waals surface area contributed by atoms with E-state index < -0.39 is 5.25 Å². The molecule has 8 nitrogen and oxygen atoms in total. The molecule has 3 aromatic heterocycles. The number of thioether (sulfide) groups is 1. The molecule has 0 saturated heterocycles. The third-order valence-electron chi connectivity index (χ3n) is 4.95. The average Bonchev–Trinajstić information content (AvgIpc) is 3.48. The molecule has 0 saturated carbocycles. The lowest BCUT2D eigenvalue weighted by Crippen LogP contribution is -2.23. The molecule has 0 aliphatic carbocycles. The summed E-state index contributed by atoms with van der Waals surface area (Å²) in [5, 5.41) is 9.40. The molecule has 3 heterocycles. The fourth-order valence-corrected chi connectivity index (χ4v) is 4.74. The first-order chi connectivity index (χ1) is 16.5. The van der Waals surface area contributed by atoms with Crippen molar-refractivity contribution in [2.75, 3.05) is 5.32 Å². The van der Waals surface area contributed by atoms with Crippen molar-refractivity contribution in [2.24, 2.45) is 0 Å². The Bertz CT molecular complexity index is 1530. The molecule has 5 aromatic rings. The van der Waals surface area contributed by atoms with E-state index in [9.17, 15) is 14.0 Å². The number of hydrogen-bond acceptors (Lipinski definition) is 7. The summed E-state index contributed by atoms with van der Waals surface area (Å²) < 4.78 is 14.7. The number of aromatic nitrogens is 5. The molecule has 0 spiro atoms. The van der Waals surface area contributed by atoms with Crippen LogP contribution in [-0.4, -0.2) is 35.9 Å². The Balaban J connectivity index is 1.32. The number of fused-ring (bicyclic) bond motifs is 1. The quantitative estimate of drug-likeness (QED) is 0.267. The van der Waals surface area contributed by atoms with Crippen molar-refractivity contribution in [3.8, 4) is 16.9 Å². The summed E-state index contributed by atoms with van der Waals surface area (Å²) in [6.45, 7) is 1.72. The number of rotatable bonds is 6. The summed E-state index contributed by atoms with van der Waals surface area (Å²) in [5.74, 6) is -0.612. The predicted octanol–water partition coefficient (Wildman–Crippen LogP) is 4.49. The van der Waals surface area contributed by atoms with Crippen LogP contribution in [-0.2, 0) is 4.79 Å². The molecule has 1 amide bonds. The SMILES string of the molecule is CC(Sc1nc2c(cnn2-c2ccccc2)c(=O)[nH]1)C(=O)Nc1nc(-c2ccc(F)cc2)cs1. The van der Waals surface area contributed by atoms with Gasteiger partial charge in [-0.2, -0.15) is 5.10 Å². The Kier molecular flexibility index (Phi) is 5.95. The zero-order chi connectivity index (χ0) is 23.7. The summed E-state index contributed by atoms with van der Waals surface area (Å²) in [7, 11) is 0. The van der Waals surface area contributed by atoms with Gasteiger partial charge in [0.05, 0.1) is 22.8 Å². The topological polar surface area (TPSA) is 106 Å². The molecule has 0 aliphatic heterocycles. The van der Waals surface area contributed by atoms with E-state index in [1.807, 2.05) is 30.3 Å². The number of benzene rings is 2. The van der Waals surface area contributed by atoms with Crippen LogP contribution in [0.4, 0.5) is 9.52 Å². The number of para-hydroxylation sites is 1. The molecule has 170 valence electrons. The van der Waals surface area contributed by atoms with Crippen LogP contribution in [0.3, 0.4) is 0 Å². The lowest BCUT2D eigenvalue weighted by molar-refractivity contribution is -0.115. The minimum Gasteiger partial charge on any atom is -0.301 e. The van der Waals surface area contributed by atoms with Gasteiger partial charge in [0, 0.05) is 10.9 Å². The number of aromatic amines is 1. The molecule has 2 N–H and O–H groups in total. The molecule has 2 aromatic carbocycles. The summed E-state index contributed by atoms with van der Waals surface area (Å²) >= 11 is 2.40. The number of carbonyl (C=O) groups is 1. The van der Waals surface area contributed by atoms with Crippen LogP contribution in [0.15, 0.2) is 76.1 Å². The van der Waals surface area contributed by atoms with E-state index in [0.29, 0.717) is 27.0 Å². The molecule has 0 radical (unpaired) electrons. The van der Waals surface area contributed by atoms with Gasteiger partial charge in [0.1, 0.15) is 11.2 Å². The van der Waals surface area contributed by atoms with E-state index in [4.69, 9.17) is 0 Å². The minimum absolute atomic E-state index is 0.288. The van der Waals surface area contributed by atoms with Gasteiger partial charge in [0.15, 0.2) is 15.9 Å². The first kappa shape index (κ1) is 22.0. The summed E-state index contributed by atoms with van der Waals surface area (Å²) in [5.41, 5.74) is 2.26. The Labute approximate surface area is 200 Å². The Morgan fingerprint density at radius 2 is 1.91 bits per heavy atom. The van der Waals surface area contributed by atoms with Crippen LogP contribution in [0.2, 0.25) is 0 Å². The van der Waals surface area contributed by atoms with Crippen molar-refractivity contribution < 1.29 is 9.18 Å². The van der Waals surface area contributed by atoms with Crippen molar-refractivity contribution in [2.45, 2.75) is 17.3 Å². The predicted molar refractivity (Wildman–Crippen MR) is 131 cm³/mol. The monoisotopic (exact) mass is 492 g/mol. The molecule has 34 heavy (non-hydrogen) atoms. The van der Waals surface area contributed by atoms with Gasteiger partial charge in [0.25, 0.3) is 5.56 Å². The largest absolute Gasteiger partial charge is 0.301 e. The van der Waals surface area contributed by atoms with Gasteiger partial charge in [-0.05, 0) is 43.3 Å². The summed E-state index contributed by atoms with van der Waals surface area (Å²) in [6.07, 6.45) is 1.47. The van der Waals surface area contributed by atoms with E-state index in [-0.39, 0.29) is 17.3 Å². The fraction of sp³-hybridized carbons (Fsp3) is 0.0870. The third-order valence-corrected chi connectivity index (χ3v) is 6.69. The highest BCUT2D eigenvalue weighted by Crippen LogP contribution is 2.27. The van der Waals surface area contributed by atoms with Crippen molar-refractivity contribution in [3.63, 3.8) is 0 Å². The second-order valence-corrected chi connectivity index (χ2v) is 9.48. The standard InChI is InChI=1S/C23H17FN6O2S2/c1-13(20(31)28-22-26-18(12-33-22)14-7-9-15(24)10-8-14)34-23-27-19-17(21(32)29-23)11-25-30(19)16-5-3-2-4-6-16/h2-13H,1H3,(H,26,28,31)(H,27,29,32). The minimum atomic E-state index is -0.563. The first-order valence-corrected chi connectivity index (χ1v) is 12.0. The van der Waals surface area contributed by atoms with E-state index in [1.54, 1.807) is 29.1 Å². The zero-order valence-corrected chi connectivity index (χ0v) is 19.4. The second kappa shape index (κ2) is 9.20. The number of carbonyl (C=O) groups excluding carboxylic acids is 1. The average molecular weight is 493 g/mol. The number of H-pyrrole nitrogens is 1. The van der Waals surface area contributed by atoms with Crippen molar-refractivity contribution in [1.82, 2.24) is 24.7 Å². The molecule has 0 fully saturated rings. The Morgan fingerprint density at radius 3 is 2.68 bits per heavy atom. The van der Waals surface area contributed by atoms with Crippen LogP contribution in [0.25, 0.3) is 28.0 Å². The van der Waals surface area contributed by atoms with E-state index in [0.717, 1.165) is 23.0 Å². The van der Waals surface area contributed by atoms with Gasteiger partial charge in [-0.1, -0.05) is 30.0 Å². The molecule has 5 rings (SSSR count). The highest BCUT2D eigenvalue weighted by molar-refractivity contribution is 8.00.